The molecule has 0 saturated heterocycles. The Kier molecular flexibility index (Phi) is 1.08. The molecular formula is C7H4BrNO. The lowest BCUT2D eigenvalue weighted by molar-refractivity contribution is 0.104. The van der Waals surface area contributed by atoms with Gasteiger partial charge in [-0.1, -0.05) is 0 Å². The zero-order valence-electron chi connectivity index (χ0n) is 5.04. The average Bonchev–Trinajstić information content (AvgIpc) is 2.41. The number of nitrogens with zero attached hydrogens (tertiary/aromatic N) is 1. The Hall–Kier alpha value is -0.830. The van der Waals surface area contributed by atoms with Crippen LogP contribution in [0.25, 0.3) is 6.20 Å². The van der Waals surface area contributed by atoms with E-state index < -0.39 is 0 Å². The molecule has 0 aromatic carbocycles. The van der Waals surface area contributed by atoms with Gasteiger partial charge in [-0.25, -0.2) is 0 Å². The van der Waals surface area contributed by atoms with Gasteiger partial charge in [0, 0.05) is 12.4 Å². The summed E-state index contributed by atoms with van der Waals surface area (Å²) in [7, 11) is 0. The fourth-order valence-corrected chi connectivity index (χ4v) is 1.43. The van der Waals surface area contributed by atoms with Crippen LogP contribution in [0.2, 0.25) is 0 Å². The molecule has 0 saturated carbocycles. The Morgan fingerprint density at radius 3 is 3.00 bits per heavy atom. The van der Waals surface area contributed by atoms with Gasteiger partial charge >= 0.3 is 0 Å². The van der Waals surface area contributed by atoms with Crippen molar-refractivity contribution in [3.63, 3.8) is 0 Å². The summed E-state index contributed by atoms with van der Waals surface area (Å²) >= 11 is 3.15. The number of hydrogen-bond donors (Lipinski definition) is 0. The highest BCUT2D eigenvalue weighted by atomic mass is 79.9. The second-order valence-corrected chi connectivity index (χ2v) is 2.96. The first-order chi connectivity index (χ1) is 4.79. The van der Waals surface area contributed by atoms with E-state index in [1.54, 1.807) is 16.8 Å². The van der Waals surface area contributed by atoms with Crippen LogP contribution in [0.1, 0.15) is 10.5 Å². The van der Waals surface area contributed by atoms with Gasteiger partial charge in [-0.15, -0.1) is 0 Å². The van der Waals surface area contributed by atoms with Crippen molar-refractivity contribution in [3.8, 4) is 0 Å². The van der Waals surface area contributed by atoms with Crippen LogP contribution in [-0.2, 0) is 0 Å². The Balaban J connectivity index is 2.68. The van der Waals surface area contributed by atoms with Gasteiger partial charge in [0.15, 0.2) is 0 Å². The SMILES string of the molecule is O=C1C(Br)=Cn2cccc21. The van der Waals surface area contributed by atoms with Gasteiger partial charge < -0.3 is 4.57 Å². The molecule has 1 aliphatic heterocycles. The molecule has 1 aromatic heterocycles. The van der Waals surface area contributed by atoms with Crippen molar-refractivity contribution >= 4 is 27.9 Å². The third kappa shape index (κ3) is 0.609. The number of hydrogen-bond acceptors (Lipinski definition) is 1. The molecule has 1 aromatic rings. The molecule has 2 rings (SSSR count). The van der Waals surface area contributed by atoms with Crippen molar-refractivity contribution < 1.29 is 4.79 Å². The standard InChI is InChI=1S/C7H4BrNO/c8-5-4-9-3-1-2-6(9)7(5)10/h1-4H. The van der Waals surface area contributed by atoms with Gasteiger partial charge in [-0.05, 0) is 28.1 Å². The zero-order valence-corrected chi connectivity index (χ0v) is 6.63. The molecule has 3 heteroatoms. The van der Waals surface area contributed by atoms with Gasteiger partial charge in [0.05, 0.1) is 10.2 Å². The van der Waals surface area contributed by atoms with Crippen molar-refractivity contribution in [3.05, 3.63) is 28.5 Å². The molecule has 0 spiro atoms. The Labute approximate surface area is 66.3 Å². The maximum atomic E-state index is 11.1. The van der Waals surface area contributed by atoms with E-state index in [2.05, 4.69) is 15.9 Å². The summed E-state index contributed by atoms with van der Waals surface area (Å²) in [5, 5.41) is 0. The van der Waals surface area contributed by atoms with E-state index in [9.17, 15) is 4.79 Å². The second-order valence-electron chi connectivity index (χ2n) is 2.11. The first kappa shape index (κ1) is 5.92. The lowest BCUT2D eigenvalue weighted by Crippen LogP contribution is -1.93. The summed E-state index contributed by atoms with van der Waals surface area (Å²) < 4.78 is 2.43. The minimum atomic E-state index is 0.0602. The van der Waals surface area contributed by atoms with Crippen molar-refractivity contribution in [2.75, 3.05) is 0 Å². The van der Waals surface area contributed by atoms with Crippen LogP contribution in [0.4, 0.5) is 0 Å². The fourth-order valence-electron chi connectivity index (χ4n) is 1.00. The summed E-state index contributed by atoms with van der Waals surface area (Å²) in [6, 6.07) is 3.65. The number of carbonyl (C=O) groups excluding carboxylic acids is 1. The molecule has 0 bridgehead atoms. The lowest BCUT2D eigenvalue weighted by atomic mass is 10.3. The quantitative estimate of drug-likeness (QED) is 0.623. The largest absolute Gasteiger partial charge is 0.319 e. The van der Waals surface area contributed by atoms with Gasteiger partial charge in [0.2, 0.25) is 5.78 Å². The maximum absolute atomic E-state index is 11.1. The number of halogens is 1. The van der Waals surface area contributed by atoms with Crippen molar-refractivity contribution in [1.29, 1.82) is 0 Å². The van der Waals surface area contributed by atoms with E-state index in [4.69, 9.17) is 0 Å². The van der Waals surface area contributed by atoms with Crippen LogP contribution >= 0.6 is 15.9 Å². The molecule has 0 atom stereocenters. The van der Waals surface area contributed by atoms with E-state index in [-0.39, 0.29) is 5.78 Å². The molecule has 0 N–H and O–H groups in total. The first-order valence-electron chi connectivity index (χ1n) is 2.88. The van der Waals surface area contributed by atoms with Crippen LogP contribution in [0.15, 0.2) is 22.8 Å². The third-order valence-electron chi connectivity index (χ3n) is 1.48. The monoisotopic (exact) mass is 197 g/mol. The summed E-state index contributed by atoms with van der Waals surface area (Å²) in [6.45, 7) is 0. The lowest BCUT2D eigenvalue weighted by Gasteiger charge is -1.87. The van der Waals surface area contributed by atoms with Crippen LogP contribution in [0, 0.1) is 0 Å². The summed E-state index contributed by atoms with van der Waals surface area (Å²) in [5.41, 5.74) is 0.729. The smallest absolute Gasteiger partial charge is 0.218 e. The van der Waals surface area contributed by atoms with Crippen molar-refractivity contribution in [2.24, 2.45) is 0 Å². The highest BCUT2D eigenvalue weighted by Gasteiger charge is 2.18. The predicted octanol–water partition coefficient (Wildman–Crippen LogP) is 1.88. The van der Waals surface area contributed by atoms with Gasteiger partial charge in [0.25, 0.3) is 0 Å². The summed E-state index contributed by atoms with van der Waals surface area (Å²) in [6.07, 6.45) is 3.61. The highest BCUT2D eigenvalue weighted by Crippen LogP contribution is 2.22. The number of fused-ring (bicyclic) bond motifs is 1. The van der Waals surface area contributed by atoms with Crippen LogP contribution in [-0.4, -0.2) is 10.4 Å². The summed E-state index contributed by atoms with van der Waals surface area (Å²) in [5.74, 6) is 0.0602. The number of ketones is 1. The third-order valence-corrected chi connectivity index (χ3v) is 2.05. The topological polar surface area (TPSA) is 22.0 Å². The molecule has 2 heterocycles. The zero-order chi connectivity index (χ0) is 7.14. The molecule has 0 amide bonds. The molecule has 50 valence electrons. The van der Waals surface area contributed by atoms with E-state index in [0.29, 0.717) is 4.48 Å². The molecule has 1 aliphatic rings. The normalized spacial score (nSPS) is 15.3. The Morgan fingerprint density at radius 1 is 1.50 bits per heavy atom. The maximum Gasteiger partial charge on any atom is 0.218 e. The van der Waals surface area contributed by atoms with Gasteiger partial charge in [-0.2, -0.15) is 0 Å². The number of Topliss-reactive ketones (excluding diaryl/α,β-unsaturated/α-hetero) is 1. The summed E-state index contributed by atoms with van der Waals surface area (Å²) in [4.78, 5) is 11.1. The first-order valence-corrected chi connectivity index (χ1v) is 3.67. The van der Waals surface area contributed by atoms with E-state index in [1.165, 1.54) is 0 Å². The van der Waals surface area contributed by atoms with E-state index >= 15 is 0 Å². The minimum Gasteiger partial charge on any atom is -0.319 e. The Morgan fingerprint density at radius 2 is 2.30 bits per heavy atom. The molecule has 0 unspecified atom stereocenters. The number of aromatic nitrogens is 1. The average molecular weight is 198 g/mol. The molecule has 0 fully saturated rings. The molecule has 0 radical (unpaired) electrons. The minimum absolute atomic E-state index is 0.0602. The number of allylic oxidation sites excluding steroid dienone is 1. The number of rotatable bonds is 0. The van der Waals surface area contributed by atoms with Crippen LogP contribution < -0.4 is 0 Å². The second kappa shape index (κ2) is 1.83. The predicted molar refractivity (Wildman–Crippen MR) is 42.0 cm³/mol. The molecule has 2 nitrogen and oxygen atoms in total. The number of carbonyl (C=O) groups is 1. The van der Waals surface area contributed by atoms with Crippen molar-refractivity contribution in [1.82, 2.24) is 4.57 Å². The molecular weight excluding hydrogens is 194 g/mol. The fraction of sp³-hybridized carbons (Fsp3) is 0. The Bertz CT molecular complexity index is 324. The molecule has 0 aliphatic carbocycles. The van der Waals surface area contributed by atoms with Crippen LogP contribution in [0.3, 0.4) is 0 Å². The van der Waals surface area contributed by atoms with E-state index in [1.807, 2.05) is 12.3 Å². The van der Waals surface area contributed by atoms with E-state index in [0.717, 1.165) is 5.69 Å². The van der Waals surface area contributed by atoms with Crippen molar-refractivity contribution in [2.45, 2.75) is 0 Å². The van der Waals surface area contributed by atoms with Crippen LogP contribution in [0.5, 0.6) is 0 Å². The van der Waals surface area contributed by atoms with Gasteiger partial charge in [0.1, 0.15) is 0 Å². The van der Waals surface area contributed by atoms with Gasteiger partial charge in [-0.3, -0.25) is 4.79 Å². The molecule has 10 heavy (non-hydrogen) atoms. The highest BCUT2D eigenvalue weighted by molar-refractivity contribution is 9.12.